The minimum atomic E-state index is 0.122. The van der Waals surface area contributed by atoms with E-state index in [4.69, 9.17) is 0 Å². The summed E-state index contributed by atoms with van der Waals surface area (Å²) >= 11 is 3.35. The minimum Gasteiger partial charge on any atom is -0.290 e. The number of hydrogen-bond donors (Lipinski definition) is 0. The highest BCUT2D eigenvalue weighted by Gasteiger charge is 2.10. The van der Waals surface area contributed by atoms with Crippen LogP contribution in [0.25, 0.3) is 0 Å². The van der Waals surface area contributed by atoms with E-state index >= 15 is 0 Å². The monoisotopic (exact) mass is 293 g/mol. The molecule has 0 saturated carbocycles. The molecule has 0 spiro atoms. The topological polar surface area (TPSA) is 25.9 Å². The number of benzene rings is 1. The SMILES string of the molecule is CCn1cc[n+](CC(=O)c2ccc(Br)cc2)c1. The Morgan fingerprint density at radius 3 is 2.65 bits per heavy atom. The number of aryl methyl sites for hydroxylation is 1. The van der Waals surface area contributed by atoms with Crippen LogP contribution in [0.2, 0.25) is 0 Å². The molecule has 0 radical (unpaired) electrons. The highest BCUT2D eigenvalue weighted by Crippen LogP contribution is 2.10. The van der Waals surface area contributed by atoms with Gasteiger partial charge in [0.2, 0.25) is 12.1 Å². The summed E-state index contributed by atoms with van der Waals surface area (Å²) in [6.45, 7) is 3.37. The number of aromatic nitrogens is 2. The van der Waals surface area contributed by atoms with Crippen molar-refractivity contribution in [3.8, 4) is 0 Å². The Morgan fingerprint density at radius 2 is 2.06 bits per heavy atom. The highest BCUT2D eigenvalue weighted by atomic mass is 79.9. The molecular formula is C13H14BrN2O+. The summed E-state index contributed by atoms with van der Waals surface area (Å²) in [4.78, 5) is 12.0. The molecule has 0 aliphatic carbocycles. The Labute approximate surface area is 109 Å². The van der Waals surface area contributed by atoms with Crippen LogP contribution in [-0.2, 0) is 13.1 Å². The van der Waals surface area contributed by atoms with E-state index in [1.807, 2.05) is 52.1 Å². The van der Waals surface area contributed by atoms with Gasteiger partial charge in [0.25, 0.3) is 0 Å². The van der Waals surface area contributed by atoms with Crippen molar-refractivity contribution in [3.63, 3.8) is 0 Å². The van der Waals surface area contributed by atoms with Crippen molar-refractivity contribution in [1.29, 1.82) is 0 Å². The fraction of sp³-hybridized carbons (Fsp3) is 0.231. The van der Waals surface area contributed by atoms with E-state index in [1.165, 1.54) is 0 Å². The Kier molecular flexibility index (Phi) is 3.74. The number of ketones is 1. The predicted molar refractivity (Wildman–Crippen MR) is 68.8 cm³/mol. The maximum absolute atomic E-state index is 12.0. The molecule has 4 heteroatoms. The quantitative estimate of drug-likeness (QED) is 0.628. The molecule has 88 valence electrons. The van der Waals surface area contributed by atoms with E-state index in [0.717, 1.165) is 16.6 Å². The lowest BCUT2D eigenvalue weighted by atomic mass is 10.1. The van der Waals surface area contributed by atoms with E-state index in [9.17, 15) is 4.79 Å². The molecule has 0 amide bonds. The second-order valence-corrected chi connectivity index (χ2v) is 4.76. The molecule has 2 aromatic rings. The van der Waals surface area contributed by atoms with Gasteiger partial charge in [0.15, 0.2) is 6.54 Å². The molecule has 0 unspecified atom stereocenters. The highest BCUT2D eigenvalue weighted by molar-refractivity contribution is 9.10. The first kappa shape index (κ1) is 12.0. The zero-order chi connectivity index (χ0) is 12.3. The van der Waals surface area contributed by atoms with Crippen LogP contribution in [0.3, 0.4) is 0 Å². The molecule has 17 heavy (non-hydrogen) atoms. The summed E-state index contributed by atoms with van der Waals surface area (Å²) in [5.74, 6) is 0.122. The number of Topliss-reactive ketones (excluding diaryl/α,β-unsaturated/α-hetero) is 1. The second kappa shape index (κ2) is 5.27. The Balaban J connectivity index is 2.08. The maximum atomic E-state index is 12.0. The molecule has 0 aliphatic rings. The van der Waals surface area contributed by atoms with Gasteiger partial charge >= 0.3 is 0 Å². The van der Waals surface area contributed by atoms with Gasteiger partial charge in [0, 0.05) is 10.0 Å². The summed E-state index contributed by atoms with van der Waals surface area (Å²) < 4.78 is 4.92. The molecule has 0 atom stereocenters. The van der Waals surface area contributed by atoms with E-state index in [1.54, 1.807) is 0 Å². The van der Waals surface area contributed by atoms with Crippen molar-refractivity contribution in [3.05, 3.63) is 53.0 Å². The van der Waals surface area contributed by atoms with Crippen molar-refractivity contribution >= 4 is 21.7 Å². The first-order chi connectivity index (χ1) is 8.19. The normalized spacial score (nSPS) is 10.5. The van der Waals surface area contributed by atoms with Crippen molar-refractivity contribution < 1.29 is 9.36 Å². The van der Waals surface area contributed by atoms with Crippen molar-refractivity contribution in [1.82, 2.24) is 4.57 Å². The summed E-state index contributed by atoms with van der Waals surface area (Å²) in [7, 11) is 0. The number of rotatable bonds is 4. The molecule has 0 fully saturated rings. The molecule has 0 aliphatic heterocycles. The summed E-state index contributed by atoms with van der Waals surface area (Å²) in [6, 6.07) is 7.44. The Hall–Kier alpha value is -1.42. The molecule has 3 nitrogen and oxygen atoms in total. The molecule has 2 rings (SSSR count). The van der Waals surface area contributed by atoms with Crippen LogP contribution in [0.4, 0.5) is 0 Å². The van der Waals surface area contributed by atoms with Crippen molar-refractivity contribution in [2.75, 3.05) is 0 Å². The van der Waals surface area contributed by atoms with Crippen LogP contribution in [-0.4, -0.2) is 10.4 Å². The van der Waals surface area contributed by atoms with Gasteiger partial charge in [-0.3, -0.25) is 4.79 Å². The third kappa shape index (κ3) is 3.03. The first-order valence-electron chi connectivity index (χ1n) is 5.52. The van der Waals surface area contributed by atoms with E-state index < -0.39 is 0 Å². The number of carbonyl (C=O) groups excluding carboxylic acids is 1. The van der Waals surface area contributed by atoms with Gasteiger partial charge in [-0.15, -0.1) is 0 Å². The molecule has 0 saturated heterocycles. The first-order valence-corrected chi connectivity index (χ1v) is 6.32. The third-order valence-electron chi connectivity index (χ3n) is 2.60. The lowest BCUT2D eigenvalue weighted by Crippen LogP contribution is -2.35. The number of hydrogen-bond acceptors (Lipinski definition) is 1. The third-order valence-corrected chi connectivity index (χ3v) is 3.13. The number of nitrogens with zero attached hydrogens (tertiary/aromatic N) is 2. The second-order valence-electron chi connectivity index (χ2n) is 3.85. The fourth-order valence-electron chi connectivity index (χ4n) is 1.61. The van der Waals surface area contributed by atoms with Gasteiger partial charge < -0.3 is 0 Å². The molecule has 1 aromatic heterocycles. The van der Waals surface area contributed by atoms with Gasteiger partial charge in [0.05, 0.1) is 6.54 Å². The van der Waals surface area contributed by atoms with Crippen LogP contribution in [0.5, 0.6) is 0 Å². The summed E-state index contributed by atoms with van der Waals surface area (Å²) in [6.07, 6.45) is 5.83. The number of imidazole rings is 1. The predicted octanol–water partition coefficient (Wildman–Crippen LogP) is 2.44. The van der Waals surface area contributed by atoms with E-state index in [2.05, 4.69) is 22.9 Å². The van der Waals surface area contributed by atoms with Gasteiger partial charge in [0.1, 0.15) is 12.4 Å². The maximum Gasteiger partial charge on any atom is 0.244 e. The molecule has 0 bridgehead atoms. The van der Waals surface area contributed by atoms with Gasteiger partial charge in [-0.25, -0.2) is 9.13 Å². The van der Waals surface area contributed by atoms with Gasteiger partial charge in [-0.2, -0.15) is 0 Å². The Bertz CT molecular complexity index is 516. The number of carbonyl (C=O) groups is 1. The summed E-state index contributed by atoms with van der Waals surface area (Å²) in [5.41, 5.74) is 0.741. The molecule has 1 aromatic carbocycles. The molecule has 1 heterocycles. The average Bonchev–Trinajstić information content (AvgIpc) is 2.77. The minimum absolute atomic E-state index is 0.122. The van der Waals surface area contributed by atoms with Gasteiger partial charge in [-0.1, -0.05) is 28.1 Å². The zero-order valence-electron chi connectivity index (χ0n) is 9.64. The molecular weight excluding hydrogens is 280 g/mol. The van der Waals surface area contributed by atoms with Crippen LogP contribution in [0, 0.1) is 0 Å². The largest absolute Gasteiger partial charge is 0.290 e. The molecule has 0 N–H and O–H groups in total. The number of halogens is 1. The van der Waals surface area contributed by atoms with Crippen LogP contribution < -0.4 is 4.57 Å². The van der Waals surface area contributed by atoms with Gasteiger partial charge in [-0.05, 0) is 19.1 Å². The standard InChI is InChI=1S/C13H14BrN2O/c1-2-15-7-8-16(10-15)9-13(17)11-3-5-12(14)6-4-11/h3-8,10H,2,9H2,1H3/q+1. The van der Waals surface area contributed by atoms with Crippen LogP contribution in [0.15, 0.2) is 47.5 Å². The zero-order valence-corrected chi connectivity index (χ0v) is 11.2. The lowest BCUT2D eigenvalue weighted by molar-refractivity contribution is -0.682. The summed E-state index contributed by atoms with van der Waals surface area (Å²) in [5, 5.41) is 0. The average molecular weight is 294 g/mol. The lowest BCUT2D eigenvalue weighted by Gasteiger charge is -1.98. The van der Waals surface area contributed by atoms with Crippen molar-refractivity contribution in [2.24, 2.45) is 0 Å². The van der Waals surface area contributed by atoms with Crippen molar-refractivity contribution in [2.45, 2.75) is 20.0 Å². The smallest absolute Gasteiger partial charge is 0.244 e. The van der Waals surface area contributed by atoms with E-state index in [0.29, 0.717) is 6.54 Å². The van der Waals surface area contributed by atoms with Crippen LogP contribution in [0.1, 0.15) is 17.3 Å². The Morgan fingerprint density at radius 1 is 1.35 bits per heavy atom. The van der Waals surface area contributed by atoms with E-state index in [-0.39, 0.29) is 5.78 Å². The van der Waals surface area contributed by atoms with Crippen LogP contribution >= 0.6 is 15.9 Å². The fourth-order valence-corrected chi connectivity index (χ4v) is 1.88.